The van der Waals surface area contributed by atoms with Crippen LogP contribution in [0.4, 0.5) is 0 Å². The Kier molecular flexibility index (Phi) is 5.99. The molecule has 0 saturated carbocycles. The van der Waals surface area contributed by atoms with Gasteiger partial charge in [0.15, 0.2) is 0 Å². The lowest BCUT2D eigenvalue weighted by Gasteiger charge is -2.07. The Morgan fingerprint density at radius 1 is 1.22 bits per heavy atom. The fourth-order valence-corrected chi connectivity index (χ4v) is 0.673. The van der Waals surface area contributed by atoms with Gasteiger partial charge in [-0.1, -0.05) is 19.8 Å². The monoisotopic (exact) mass is 131 g/mol. The highest BCUT2D eigenvalue weighted by Gasteiger charge is 2.02. The van der Waals surface area contributed by atoms with Gasteiger partial charge in [0.05, 0.1) is 0 Å². The van der Waals surface area contributed by atoms with Crippen LogP contribution >= 0.6 is 0 Å². The van der Waals surface area contributed by atoms with Gasteiger partial charge in [-0.3, -0.25) is 0 Å². The van der Waals surface area contributed by atoms with Crippen LogP contribution in [-0.2, 0) is 0 Å². The Labute approximate surface area is 56.5 Å². The first-order valence-corrected chi connectivity index (χ1v) is 3.36. The van der Waals surface area contributed by atoms with E-state index in [1.54, 1.807) is 0 Å². The molecule has 0 atom stereocenters. The van der Waals surface area contributed by atoms with Gasteiger partial charge in [-0.25, -0.2) is 0 Å². The first kappa shape index (κ1) is 8.92. The van der Waals surface area contributed by atoms with Gasteiger partial charge in [-0.2, -0.15) is 0 Å². The van der Waals surface area contributed by atoms with Gasteiger partial charge in [-0.05, 0) is 6.42 Å². The second kappa shape index (κ2) is 6.05. The van der Waals surface area contributed by atoms with Crippen LogP contribution in [-0.4, -0.2) is 23.4 Å². The molecular formula is C7H15O2. The van der Waals surface area contributed by atoms with Gasteiger partial charge in [0.2, 0.25) is 0 Å². The van der Waals surface area contributed by atoms with Crippen LogP contribution < -0.4 is 0 Å². The average Bonchev–Trinajstić information content (AvgIpc) is 1.91. The number of aliphatic hydroxyl groups is 2. The molecule has 0 fully saturated rings. The molecule has 0 saturated heterocycles. The number of aliphatic hydroxyl groups excluding tert-OH is 2. The maximum atomic E-state index is 8.57. The summed E-state index contributed by atoms with van der Waals surface area (Å²) < 4.78 is 0. The maximum absolute atomic E-state index is 8.57. The molecule has 0 heterocycles. The summed E-state index contributed by atoms with van der Waals surface area (Å²) in [4.78, 5) is 0. The molecule has 55 valence electrons. The molecule has 0 aliphatic carbocycles. The molecule has 2 heteroatoms. The van der Waals surface area contributed by atoms with Gasteiger partial charge in [0.25, 0.3) is 0 Å². The highest BCUT2D eigenvalue weighted by atomic mass is 16.3. The van der Waals surface area contributed by atoms with Crippen molar-refractivity contribution in [3.05, 3.63) is 6.92 Å². The second-order valence-electron chi connectivity index (χ2n) is 2.23. The Balaban J connectivity index is 3.09. The van der Waals surface area contributed by atoms with Gasteiger partial charge in [0, 0.05) is 19.1 Å². The van der Waals surface area contributed by atoms with E-state index in [0.29, 0.717) is 0 Å². The summed E-state index contributed by atoms with van der Waals surface area (Å²) in [5.41, 5.74) is 0. The largest absolute Gasteiger partial charge is 0.396 e. The van der Waals surface area contributed by atoms with E-state index in [-0.39, 0.29) is 19.1 Å². The molecule has 0 aliphatic rings. The van der Waals surface area contributed by atoms with Crippen molar-refractivity contribution in [3.8, 4) is 0 Å². The number of hydrogen-bond donors (Lipinski definition) is 2. The molecule has 0 unspecified atom stereocenters. The minimum atomic E-state index is 0.0757. The highest BCUT2D eigenvalue weighted by molar-refractivity contribution is 4.55. The predicted molar refractivity (Wildman–Crippen MR) is 36.9 cm³/mol. The van der Waals surface area contributed by atoms with Crippen molar-refractivity contribution in [3.63, 3.8) is 0 Å². The number of unbranched alkanes of at least 4 members (excludes halogenated alkanes) is 1. The van der Waals surface area contributed by atoms with Gasteiger partial charge >= 0.3 is 0 Å². The van der Waals surface area contributed by atoms with Crippen LogP contribution in [0.1, 0.15) is 19.3 Å². The van der Waals surface area contributed by atoms with Crippen molar-refractivity contribution in [1.82, 2.24) is 0 Å². The van der Waals surface area contributed by atoms with Crippen molar-refractivity contribution < 1.29 is 10.2 Å². The molecule has 0 rings (SSSR count). The molecule has 0 amide bonds. The molecule has 9 heavy (non-hydrogen) atoms. The Bertz CT molecular complexity index is 50.9. The third kappa shape index (κ3) is 4.43. The van der Waals surface area contributed by atoms with Crippen molar-refractivity contribution in [2.24, 2.45) is 5.92 Å². The summed E-state index contributed by atoms with van der Waals surface area (Å²) in [7, 11) is 0. The van der Waals surface area contributed by atoms with Crippen LogP contribution in [0.5, 0.6) is 0 Å². The van der Waals surface area contributed by atoms with E-state index < -0.39 is 0 Å². The number of rotatable bonds is 5. The molecule has 0 aromatic heterocycles. The van der Waals surface area contributed by atoms with E-state index in [0.717, 1.165) is 19.3 Å². The lowest BCUT2D eigenvalue weighted by atomic mass is 10.0. The van der Waals surface area contributed by atoms with Crippen LogP contribution in [0.25, 0.3) is 0 Å². The quantitative estimate of drug-likeness (QED) is 0.573. The normalized spacial score (nSPS) is 10.7. The van der Waals surface area contributed by atoms with Crippen LogP contribution in [0.2, 0.25) is 0 Å². The van der Waals surface area contributed by atoms with Crippen molar-refractivity contribution >= 4 is 0 Å². The molecule has 0 aromatic rings. The zero-order chi connectivity index (χ0) is 7.11. The second-order valence-corrected chi connectivity index (χ2v) is 2.23. The Morgan fingerprint density at radius 2 is 1.78 bits per heavy atom. The summed E-state index contributed by atoms with van der Waals surface area (Å²) in [5, 5.41) is 17.1. The molecule has 0 aliphatic heterocycles. The topological polar surface area (TPSA) is 40.5 Å². The lowest BCUT2D eigenvalue weighted by Crippen LogP contribution is -2.10. The third-order valence-electron chi connectivity index (χ3n) is 1.38. The molecule has 2 N–H and O–H groups in total. The summed E-state index contributed by atoms with van der Waals surface area (Å²) >= 11 is 0. The molecular weight excluding hydrogens is 116 g/mol. The van der Waals surface area contributed by atoms with Gasteiger partial charge in [-0.15, -0.1) is 0 Å². The fraction of sp³-hybridized carbons (Fsp3) is 0.857. The first-order valence-electron chi connectivity index (χ1n) is 3.36. The summed E-state index contributed by atoms with van der Waals surface area (Å²) in [5.74, 6) is 0.0757. The van der Waals surface area contributed by atoms with E-state index in [9.17, 15) is 0 Å². The predicted octanol–water partition coefficient (Wildman–Crippen LogP) is 0.592. The molecule has 0 bridgehead atoms. The standard InChI is InChI=1S/C7H15O2/c1-2-3-4-7(5-8)6-9/h7-9H,1-6H2. The van der Waals surface area contributed by atoms with Crippen molar-refractivity contribution in [2.45, 2.75) is 19.3 Å². The van der Waals surface area contributed by atoms with E-state index in [4.69, 9.17) is 10.2 Å². The van der Waals surface area contributed by atoms with Crippen LogP contribution in [0.15, 0.2) is 0 Å². The molecule has 0 spiro atoms. The Morgan fingerprint density at radius 3 is 2.11 bits per heavy atom. The smallest absolute Gasteiger partial charge is 0.0481 e. The van der Waals surface area contributed by atoms with E-state index in [1.807, 2.05) is 0 Å². The minimum Gasteiger partial charge on any atom is -0.396 e. The molecule has 1 radical (unpaired) electrons. The summed E-state index contributed by atoms with van der Waals surface area (Å²) in [6.45, 7) is 3.85. The van der Waals surface area contributed by atoms with Crippen molar-refractivity contribution in [1.29, 1.82) is 0 Å². The molecule has 0 aromatic carbocycles. The summed E-state index contributed by atoms with van der Waals surface area (Å²) in [6, 6.07) is 0. The first-order chi connectivity index (χ1) is 4.35. The average molecular weight is 131 g/mol. The van der Waals surface area contributed by atoms with E-state index in [1.165, 1.54) is 0 Å². The zero-order valence-electron chi connectivity index (χ0n) is 5.71. The maximum Gasteiger partial charge on any atom is 0.0481 e. The van der Waals surface area contributed by atoms with Crippen LogP contribution in [0, 0.1) is 12.8 Å². The minimum absolute atomic E-state index is 0.0757. The van der Waals surface area contributed by atoms with Gasteiger partial charge < -0.3 is 10.2 Å². The lowest BCUT2D eigenvalue weighted by molar-refractivity contribution is 0.142. The third-order valence-corrected chi connectivity index (χ3v) is 1.38. The number of hydrogen-bond acceptors (Lipinski definition) is 2. The molecule has 2 nitrogen and oxygen atoms in total. The fourth-order valence-electron chi connectivity index (χ4n) is 0.673. The van der Waals surface area contributed by atoms with Crippen LogP contribution in [0.3, 0.4) is 0 Å². The van der Waals surface area contributed by atoms with E-state index >= 15 is 0 Å². The zero-order valence-corrected chi connectivity index (χ0v) is 5.71. The van der Waals surface area contributed by atoms with E-state index in [2.05, 4.69) is 6.92 Å². The SMILES string of the molecule is [CH2]CCCC(CO)CO. The van der Waals surface area contributed by atoms with Gasteiger partial charge in [0.1, 0.15) is 0 Å². The highest BCUT2D eigenvalue weighted by Crippen LogP contribution is 2.05. The Hall–Kier alpha value is -0.0800. The van der Waals surface area contributed by atoms with Crippen molar-refractivity contribution in [2.75, 3.05) is 13.2 Å². The summed E-state index contributed by atoms with van der Waals surface area (Å²) in [6.07, 6.45) is 2.76.